The average Bonchev–Trinajstić information content (AvgIpc) is 3.56. The zero-order valence-electron chi connectivity index (χ0n) is 21.8. The molecule has 0 unspecified atom stereocenters. The van der Waals surface area contributed by atoms with E-state index in [1.165, 1.54) is 12.1 Å². The molecule has 8 heteroatoms. The third kappa shape index (κ3) is 4.31. The maximum absolute atomic E-state index is 14.1. The number of nitrogens with one attached hydrogen (secondary N) is 1. The molecule has 198 valence electrons. The summed E-state index contributed by atoms with van der Waals surface area (Å²) < 4.78 is 39.6. The van der Waals surface area contributed by atoms with Crippen molar-refractivity contribution in [2.45, 2.75) is 56.9 Å². The second-order valence-electron chi connectivity index (χ2n) is 10.9. The number of nitriles is 1. The lowest BCUT2D eigenvalue weighted by Gasteiger charge is -2.22. The van der Waals surface area contributed by atoms with Crippen molar-refractivity contribution < 1.29 is 12.3 Å². The Bertz CT molecular complexity index is 1990. The van der Waals surface area contributed by atoms with E-state index in [1.807, 2.05) is 18.2 Å². The van der Waals surface area contributed by atoms with Gasteiger partial charge in [0.25, 0.3) is 0 Å². The molecule has 2 aromatic heterocycles. The highest BCUT2D eigenvalue weighted by atomic mass is 32.3. The Morgan fingerprint density at radius 2 is 1.85 bits per heavy atom. The fourth-order valence-corrected chi connectivity index (χ4v) is 6.68. The van der Waals surface area contributed by atoms with Gasteiger partial charge in [0.15, 0.2) is 5.43 Å². The maximum atomic E-state index is 14.1. The van der Waals surface area contributed by atoms with E-state index in [0.717, 1.165) is 58.9 Å². The number of halogens is 1. The molecule has 1 saturated carbocycles. The van der Waals surface area contributed by atoms with Gasteiger partial charge < -0.3 is 9.55 Å². The summed E-state index contributed by atoms with van der Waals surface area (Å²) in [7, 11) is -4.87. The fourth-order valence-electron chi connectivity index (χ4n) is 6.17. The van der Waals surface area contributed by atoms with E-state index in [0.29, 0.717) is 28.3 Å². The van der Waals surface area contributed by atoms with Gasteiger partial charge in [-0.1, -0.05) is 44.9 Å². The number of rotatable bonds is 5. The van der Waals surface area contributed by atoms with Crippen molar-refractivity contribution in [2.24, 2.45) is 5.92 Å². The van der Waals surface area contributed by atoms with E-state index in [2.05, 4.69) is 29.5 Å². The predicted molar refractivity (Wildman–Crippen MR) is 152 cm³/mol. The van der Waals surface area contributed by atoms with Crippen LogP contribution in [0.1, 0.15) is 56.7 Å². The number of aromatic amines is 1. The molecule has 39 heavy (non-hydrogen) atoms. The van der Waals surface area contributed by atoms with E-state index >= 15 is 0 Å². The molecule has 1 aliphatic carbocycles. The Morgan fingerprint density at radius 1 is 1.08 bits per heavy atom. The standard InChI is InChI=1S/C31H28FN3O3S/c1-18(2)12-21-15-26-28(16-25(21)20-6-5-9-23(14-20)39(32,37)38)35(22-7-3-4-8-22)31-29(30(26)36)24-11-10-19(17-33)13-27(24)34-31/h5-6,9-11,13-16,18,22,34H,3-4,7-8,12H2,1-2H3. The number of benzene rings is 3. The second-order valence-corrected chi connectivity index (χ2v) is 12.3. The van der Waals surface area contributed by atoms with Crippen LogP contribution in [0.5, 0.6) is 0 Å². The minimum absolute atomic E-state index is 0.0816. The molecule has 2 heterocycles. The summed E-state index contributed by atoms with van der Waals surface area (Å²) in [5, 5.41) is 11.4. The summed E-state index contributed by atoms with van der Waals surface area (Å²) >= 11 is 0. The summed E-state index contributed by atoms with van der Waals surface area (Å²) in [4.78, 5) is 17.2. The van der Waals surface area contributed by atoms with Crippen LogP contribution in [-0.4, -0.2) is 18.0 Å². The Hall–Kier alpha value is -3.96. The van der Waals surface area contributed by atoms with E-state index in [1.54, 1.807) is 24.3 Å². The minimum atomic E-state index is -4.87. The Morgan fingerprint density at radius 3 is 2.54 bits per heavy atom. The average molecular weight is 542 g/mol. The van der Waals surface area contributed by atoms with Gasteiger partial charge in [-0.2, -0.15) is 13.7 Å². The molecule has 0 spiro atoms. The predicted octanol–water partition coefficient (Wildman–Crippen LogP) is 7.15. The van der Waals surface area contributed by atoms with Gasteiger partial charge in [-0.15, -0.1) is 3.89 Å². The van der Waals surface area contributed by atoms with E-state index < -0.39 is 10.2 Å². The van der Waals surface area contributed by atoms with Crippen LogP contribution in [0.15, 0.2) is 64.3 Å². The highest BCUT2D eigenvalue weighted by molar-refractivity contribution is 7.86. The normalized spacial score (nSPS) is 14.6. The number of nitrogens with zero attached hydrogens (tertiary/aromatic N) is 2. The van der Waals surface area contributed by atoms with E-state index in [9.17, 15) is 22.4 Å². The van der Waals surface area contributed by atoms with Gasteiger partial charge >= 0.3 is 10.2 Å². The van der Waals surface area contributed by atoms with Crippen LogP contribution in [0.2, 0.25) is 0 Å². The fraction of sp³-hybridized carbons (Fsp3) is 0.290. The second kappa shape index (κ2) is 9.35. The summed E-state index contributed by atoms with van der Waals surface area (Å²) in [5.74, 6) is 0.271. The molecule has 0 aliphatic heterocycles. The summed E-state index contributed by atoms with van der Waals surface area (Å²) in [6.45, 7) is 4.17. The minimum Gasteiger partial charge on any atom is -0.340 e. The topological polar surface area (TPSA) is 95.7 Å². The highest BCUT2D eigenvalue weighted by Gasteiger charge is 2.25. The molecular formula is C31H28FN3O3S. The number of hydrogen-bond donors (Lipinski definition) is 1. The molecule has 0 radical (unpaired) electrons. The lowest BCUT2D eigenvalue weighted by Crippen LogP contribution is -2.15. The highest BCUT2D eigenvalue weighted by Crippen LogP contribution is 2.39. The summed E-state index contributed by atoms with van der Waals surface area (Å²) in [5.41, 5.74) is 4.96. The zero-order chi connectivity index (χ0) is 27.5. The lowest BCUT2D eigenvalue weighted by atomic mass is 9.91. The first-order valence-corrected chi connectivity index (χ1v) is 14.7. The van der Waals surface area contributed by atoms with Gasteiger partial charge in [-0.25, -0.2) is 0 Å². The molecule has 0 saturated heterocycles. The van der Waals surface area contributed by atoms with Gasteiger partial charge in [-0.3, -0.25) is 4.79 Å². The summed E-state index contributed by atoms with van der Waals surface area (Å²) in [6, 6.07) is 17.6. The number of fused-ring (bicyclic) bond motifs is 4. The van der Waals surface area contributed by atoms with Crippen molar-refractivity contribution in [3.05, 3.63) is 75.9 Å². The monoisotopic (exact) mass is 541 g/mol. The molecular weight excluding hydrogens is 513 g/mol. The first-order chi connectivity index (χ1) is 18.7. The SMILES string of the molecule is CC(C)Cc1cc2c(=O)c3c4ccc(C#N)cc4[nH]c3n(C3CCCC3)c2cc1-c1cccc(S(=O)(=O)F)c1. The van der Waals surface area contributed by atoms with Crippen molar-refractivity contribution in [1.29, 1.82) is 5.26 Å². The Labute approximate surface area is 225 Å². The number of aromatic nitrogens is 2. The Kier molecular flexibility index (Phi) is 6.07. The van der Waals surface area contributed by atoms with Crippen LogP contribution in [-0.2, 0) is 16.6 Å². The van der Waals surface area contributed by atoms with Crippen LogP contribution in [0.4, 0.5) is 3.89 Å². The van der Waals surface area contributed by atoms with Gasteiger partial charge in [0, 0.05) is 22.3 Å². The molecule has 1 fully saturated rings. The van der Waals surface area contributed by atoms with Crippen molar-refractivity contribution in [2.75, 3.05) is 0 Å². The molecule has 3 aromatic carbocycles. The third-order valence-corrected chi connectivity index (χ3v) is 8.66. The molecule has 0 amide bonds. The van der Waals surface area contributed by atoms with Crippen LogP contribution < -0.4 is 5.43 Å². The molecule has 0 atom stereocenters. The van der Waals surface area contributed by atoms with E-state index in [-0.39, 0.29) is 22.3 Å². The van der Waals surface area contributed by atoms with Gasteiger partial charge in [0.05, 0.1) is 27.4 Å². The smallest absolute Gasteiger partial charge is 0.332 e. The van der Waals surface area contributed by atoms with Crippen molar-refractivity contribution >= 4 is 43.1 Å². The zero-order valence-corrected chi connectivity index (χ0v) is 22.6. The maximum Gasteiger partial charge on any atom is 0.332 e. The van der Waals surface area contributed by atoms with Crippen molar-refractivity contribution in [1.82, 2.24) is 9.55 Å². The van der Waals surface area contributed by atoms with Gasteiger partial charge in [-0.05, 0) is 78.3 Å². The van der Waals surface area contributed by atoms with E-state index in [4.69, 9.17) is 0 Å². The lowest BCUT2D eigenvalue weighted by molar-refractivity contribution is 0.545. The largest absolute Gasteiger partial charge is 0.340 e. The molecule has 1 N–H and O–H groups in total. The first kappa shape index (κ1) is 25.3. The molecule has 6 nitrogen and oxygen atoms in total. The van der Waals surface area contributed by atoms with Crippen molar-refractivity contribution in [3.63, 3.8) is 0 Å². The van der Waals surface area contributed by atoms with Gasteiger partial charge in [0.1, 0.15) is 5.65 Å². The van der Waals surface area contributed by atoms with Crippen LogP contribution >= 0.6 is 0 Å². The number of pyridine rings is 1. The Balaban J connectivity index is 1.75. The summed E-state index contributed by atoms with van der Waals surface area (Å²) in [6.07, 6.45) is 4.80. The first-order valence-electron chi connectivity index (χ1n) is 13.3. The molecule has 5 aromatic rings. The van der Waals surface area contributed by atoms with Gasteiger partial charge in [0.2, 0.25) is 0 Å². The number of H-pyrrole nitrogens is 1. The number of hydrogen-bond acceptors (Lipinski definition) is 4. The molecule has 0 bridgehead atoms. The van der Waals surface area contributed by atoms with Crippen LogP contribution in [0.3, 0.4) is 0 Å². The van der Waals surface area contributed by atoms with Crippen LogP contribution in [0.25, 0.3) is 44.0 Å². The third-order valence-electron chi connectivity index (χ3n) is 7.85. The van der Waals surface area contributed by atoms with Crippen molar-refractivity contribution in [3.8, 4) is 17.2 Å². The quantitative estimate of drug-likeness (QED) is 0.239. The molecule has 1 aliphatic rings. The molecule has 6 rings (SSSR count). The van der Waals surface area contributed by atoms with Crippen LogP contribution in [0, 0.1) is 17.2 Å².